The minimum Gasteiger partial charge on any atom is -0.508 e. The maximum Gasteiger partial charge on any atom is 0.416 e. The van der Waals surface area contributed by atoms with Gasteiger partial charge in [-0.25, -0.2) is 0 Å². The first-order valence-electron chi connectivity index (χ1n) is 5.53. The zero-order valence-electron chi connectivity index (χ0n) is 9.98. The largest absolute Gasteiger partial charge is 0.508 e. The van der Waals surface area contributed by atoms with E-state index in [-0.39, 0.29) is 16.9 Å². The molecule has 0 unspecified atom stereocenters. The maximum absolute atomic E-state index is 12.6. The summed E-state index contributed by atoms with van der Waals surface area (Å²) in [4.78, 5) is 12.0. The summed E-state index contributed by atoms with van der Waals surface area (Å²) in [5.41, 5.74) is -1.32. The van der Waals surface area contributed by atoms with Crippen molar-refractivity contribution < 1.29 is 28.2 Å². The first-order chi connectivity index (χ1) is 9.29. The van der Waals surface area contributed by atoms with E-state index in [1.165, 1.54) is 12.1 Å². The molecule has 0 spiro atoms. The second-order valence-electron chi connectivity index (χ2n) is 4.11. The first kappa shape index (κ1) is 13.9. The molecule has 0 aromatic heterocycles. The zero-order valence-corrected chi connectivity index (χ0v) is 9.98. The van der Waals surface area contributed by atoms with Gasteiger partial charge >= 0.3 is 6.18 Å². The van der Waals surface area contributed by atoms with Crippen LogP contribution >= 0.6 is 0 Å². The van der Waals surface area contributed by atoms with Crippen molar-refractivity contribution in [2.24, 2.45) is 0 Å². The number of ketones is 1. The number of rotatable bonds is 2. The normalized spacial score (nSPS) is 11.3. The van der Waals surface area contributed by atoms with E-state index in [4.69, 9.17) is 5.11 Å². The molecule has 0 aliphatic rings. The molecule has 2 aromatic rings. The van der Waals surface area contributed by atoms with E-state index in [0.717, 1.165) is 24.3 Å². The number of carbonyl (C=O) groups is 1. The van der Waals surface area contributed by atoms with Gasteiger partial charge in [0.05, 0.1) is 11.1 Å². The van der Waals surface area contributed by atoms with Gasteiger partial charge in [0, 0.05) is 11.6 Å². The molecule has 0 aliphatic heterocycles. The summed E-state index contributed by atoms with van der Waals surface area (Å²) < 4.78 is 37.7. The third-order valence-electron chi connectivity index (χ3n) is 2.68. The average molecular weight is 282 g/mol. The number of halogens is 3. The molecule has 20 heavy (non-hydrogen) atoms. The number of phenolic OH excluding ortho intramolecular Hbond substituents is 2. The third-order valence-corrected chi connectivity index (χ3v) is 2.68. The molecule has 0 bridgehead atoms. The molecular formula is C14H9F3O3. The number of benzene rings is 2. The number of aromatic hydroxyl groups is 2. The second-order valence-corrected chi connectivity index (χ2v) is 4.11. The Bertz CT molecular complexity index is 663. The standard InChI is InChI=1S/C14H9F3O3/c15-14(16,17)9-3-1-2-8(6-9)13(20)11-5-4-10(18)7-12(11)19/h1-7,18-19H. The minimum atomic E-state index is -4.55. The molecule has 0 fully saturated rings. The van der Waals surface area contributed by atoms with Crippen LogP contribution in [0.25, 0.3) is 0 Å². The van der Waals surface area contributed by atoms with Gasteiger partial charge in [-0.3, -0.25) is 4.79 Å². The van der Waals surface area contributed by atoms with Crippen LogP contribution in [0.2, 0.25) is 0 Å². The lowest BCUT2D eigenvalue weighted by molar-refractivity contribution is -0.137. The molecule has 0 aliphatic carbocycles. The van der Waals surface area contributed by atoms with E-state index in [1.807, 2.05) is 0 Å². The van der Waals surface area contributed by atoms with Crippen LogP contribution in [0.5, 0.6) is 11.5 Å². The number of hydrogen-bond acceptors (Lipinski definition) is 3. The summed E-state index contributed by atoms with van der Waals surface area (Å²) >= 11 is 0. The van der Waals surface area contributed by atoms with Gasteiger partial charge in [0.1, 0.15) is 11.5 Å². The van der Waals surface area contributed by atoms with Crippen molar-refractivity contribution in [1.82, 2.24) is 0 Å². The van der Waals surface area contributed by atoms with Crippen molar-refractivity contribution in [3.8, 4) is 11.5 Å². The van der Waals surface area contributed by atoms with Gasteiger partial charge < -0.3 is 10.2 Å². The quantitative estimate of drug-likeness (QED) is 0.830. The summed E-state index contributed by atoms with van der Waals surface area (Å²) in [6.07, 6.45) is -4.55. The molecule has 104 valence electrons. The first-order valence-corrected chi connectivity index (χ1v) is 5.53. The molecule has 0 amide bonds. The molecule has 0 saturated heterocycles. The fourth-order valence-corrected chi connectivity index (χ4v) is 1.70. The van der Waals surface area contributed by atoms with Gasteiger partial charge in [-0.2, -0.15) is 13.2 Å². The summed E-state index contributed by atoms with van der Waals surface area (Å²) in [5, 5.41) is 18.7. The lowest BCUT2D eigenvalue weighted by Crippen LogP contribution is -2.08. The number of hydrogen-bond donors (Lipinski definition) is 2. The Labute approximate surface area is 111 Å². The van der Waals surface area contributed by atoms with E-state index in [2.05, 4.69) is 0 Å². The van der Waals surface area contributed by atoms with E-state index in [9.17, 15) is 23.1 Å². The topological polar surface area (TPSA) is 57.5 Å². The Morgan fingerprint density at radius 3 is 2.30 bits per heavy atom. The van der Waals surface area contributed by atoms with E-state index < -0.39 is 23.3 Å². The van der Waals surface area contributed by atoms with Crippen LogP contribution in [0.1, 0.15) is 21.5 Å². The molecule has 2 rings (SSSR count). The molecular weight excluding hydrogens is 273 g/mol. The van der Waals surface area contributed by atoms with Crippen molar-refractivity contribution in [2.45, 2.75) is 6.18 Å². The minimum absolute atomic E-state index is 0.179. The van der Waals surface area contributed by atoms with Gasteiger partial charge in [-0.05, 0) is 24.3 Å². The van der Waals surface area contributed by atoms with Gasteiger partial charge in [0.25, 0.3) is 0 Å². The number of phenols is 2. The monoisotopic (exact) mass is 282 g/mol. The molecule has 0 saturated carbocycles. The Hall–Kier alpha value is -2.50. The van der Waals surface area contributed by atoms with Gasteiger partial charge in [-0.15, -0.1) is 0 Å². The van der Waals surface area contributed by atoms with Crippen molar-refractivity contribution in [3.63, 3.8) is 0 Å². The summed E-state index contributed by atoms with van der Waals surface area (Å²) in [6, 6.07) is 7.17. The molecule has 2 N–H and O–H groups in total. The van der Waals surface area contributed by atoms with E-state index in [0.29, 0.717) is 6.07 Å². The van der Waals surface area contributed by atoms with Crippen LogP contribution in [0, 0.1) is 0 Å². The number of carbonyl (C=O) groups excluding carboxylic acids is 1. The predicted octanol–water partition coefficient (Wildman–Crippen LogP) is 3.35. The molecule has 0 radical (unpaired) electrons. The zero-order chi connectivity index (χ0) is 14.9. The van der Waals surface area contributed by atoms with Crippen LogP contribution in [0.4, 0.5) is 13.2 Å². The summed E-state index contributed by atoms with van der Waals surface area (Å²) in [7, 11) is 0. The third kappa shape index (κ3) is 2.74. The fourth-order valence-electron chi connectivity index (χ4n) is 1.70. The lowest BCUT2D eigenvalue weighted by Gasteiger charge is -2.09. The summed E-state index contributed by atoms with van der Waals surface area (Å²) in [6.45, 7) is 0. The molecule has 2 aromatic carbocycles. The lowest BCUT2D eigenvalue weighted by atomic mass is 10.0. The molecule has 6 heteroatoms. The summed E-state index contributed by atoms with van der Waals surface area (Å²) in [5.74, 6) is -1.50. The van der Waals surface area contributed by atoms with Gasteiger partial charge in [0.2, 0.25) is 0 Å². The molecule has 0 atom stereocenters. The second kappa shape index (κ2) is 4.88. The van der Waals surface area contributed by atoms with Crippen LogP contribution in [-0.4, -0.2) is 16.0 Å². The molecule has 0 heterocycles. The van der Waals surface area contributed by atoms with Crippen molar-refractivity contribution in [1.29, 1.82) is 0 Å². The Morgan fingerprint density at radius 1 is 1.00 bits per heavy atom. The van der Waals surface area contributed by atoms with Crippen LogP contribution < -0.4 is 0 Å². The Kier molecular flexibility index (Phi) is 3.40. The smallest absolute Gasteiger partial charge is 0.416 e. The van der Waals surface area contributed by atoms with Crippen LogP contribution in [0.15, 0.2) is 42.5 Å². The van der Waals surface area contributed by atoms with Crippen LogP contribution in [-0.2, 0) is 6.18 Å². The highest BCUT2D eigenvalue weighted by molar-refractivity contribution is 6.10. The SMILES string of the molecule is O=C(c1cccc(C(F)(F)F)c1)c1ccc(O)cc1O. The van der Waals surface area contributed by atoms with Crippen LogP contribution in [0.3, 0.4) is 0 Å². The predicted molar refractivity (Wildman–Crippen MR) is 64.6 cm³/mol. The maximum atomic E-state index is 12.6. The van der Waals surface area contributed by atoms with Crippen molar-refractivity contribution >= 4 is 5.78 Å². The number of alkyl halides is 3. The molecule has 3 nitrogen and oxygen atoms in total. The Morgan fingerprint density at radius 2 is 1.70 bits per heavy atom. The van der Waals surface area contributed by atoms with E-state index >= 15 is 0 Å². The average Bonchev–Trinajstić information content (AvgIpc) is 2.37. The van der Waals surface area contributed by atoms with E-state index in [1.54, 1.807) is 0 Å². The highest BCUT2D eigenvalue weighted by Gasteiger charge is 2.31. The fraction of sp³-hybridized carbons (Fsp3) is 0.0714. The van der Waals surface area contributed by atoms with Gasteiger partial charge in [-0.1, -0.05) is 12.1 Å². The van der Waals surface area contributed by atoms with Gasteiger partial charge in [0.15, 0.2) is 5.78 Å². The van der Waals surface area contributed by atoms with Crippen molar-refractivity contribution in [3.05, 3.63) is 59.2 Å². The van der Waals surface area contributed by atoms with Crippen molar-refractivity contribution in [2.75, 3.05) is 0 Å². The highest BCUT2D eigenvalue weighted by Crippen LogP contribution is 2.31. The Balaban J connectivity index is 2.44. The highest BCUT2D eigenvalue weighted by atomic mass is 19.4.